The van der Waals surface area contributed by atoms with Crippen molar-refractivity contribution in [2.45, 2.75) is 6.18 Å². The molecule has 0 fully saturated rings. The Morgan fingerprint density at radius 1 is 1.24 bits per heavy atom. The first-order valence-electron chi connectivity index (χ1n) is 5.51. The Morgan fingerprint density at radius 3 is 2.52 bits per heavy atom. The lowest BCUT2D eigenvalue weighted by Gasteiger charge is -2.11. The number of rotatable bonds is 2. The van der Waals surface area contributed by atoms with Crippen molar-refractivity contribution in [3.8, 4) is 6.07 Å². The van der Waals surface area contributed by atoms with E-state index in [0.717, 1.165) is 12.1 Å². The van der Waals surface area contributed by atoms with Crippen LogP contribution < -0.4 is 5.32 Å². The summed E-state index contributed by atoms with van der Waals surface area (Å²) in [4.78, 5) is 3.46. The van der Waals surface area contributed by atoms with E-state index in [1.807, 2.05) is 0 Å². The van der Waals surface area contributed by atoms with Crippen molar-refractivity contribution in [3.05, 3.63) is 51.1 Å². The van der Waals surface area contributed by atoms with Gasteiger partial charge in [0.1, 0.15) is 17.6 Å². The largest absolute Gasteiger partial charge is 0.433 e. The maximum atomic E-state index is 12.7. The summed E-state index contributed by atoms with van der Waals surface area (Å²) < 4.78 is 38.6. The molecule has 3 nitrogen and oxygen atoms in total. The predicted molar refractivity (Wildman–Crippen MR) is 76.4 cm³/mol. The normalized spacial score (nSPS) is 11.0. The van der Waals surface area contributed by atoms with E-state index in [1.54, 1.807) is 24.3 Å². The Bertz CT molecular complexity index is 726. The number of pyridine rings is 1. The summed E-state index contributed by atoms with van der Waals surface area (Å²) in [6.07, 6.45) is -4.58. The molecular formula is C13H6BrClF3N3. The van der Waals surface area contributed by atoms with Crippen LogP contribution in [0.15, 0.2) is 34.8 Å². The van der Waals surface area contributed by atoms with Crippen LogP contribution >= 0.6 is 27.5 Å². The molecule has 0 saturated heterocycles. The first-order chi connectivity index (χ1) is 9.81. The van der Waals surface area contributed by atoms with Crippen LogP contribution in [0.1, 0.15) is 11.3 Å². The molecule has 21 heavy (non-hydrogen) atoms. The molecule has 8 heteroatoms. The van der Waals surface area contributed by atoms with Crippen molar-refractivity contribution >= 4 is 39.0 Å². The lowest BCUT2D eigenvalue weighted by molar-refractivity contribution is -0.141. The minimum Gasteiger partial charge on any atom is -0.339 e. The summed E-state index contributed by atoms with van der Waals surface area (Å²) in [6.45, 7) is 0. The van der Waals surface area contributed by atoms with Crippen molar-refractivity contribution in [1.29, 1.82) is 5.26 Å². The molecule has 0 bridgehead atoms. The number of nitrogens with one attached hydrogen (secondary N) is 1. The zero-order valence-electron chi connectivity index (χ0n) is 10.2. The summed E-state index contributed by atoms with van der Waals surface area (Å²) >= 11 is 9.04. The van der Waals surface area contributed by atoms with E-state index in [9.17, 15) is 13.2 Å². The van der Waals surface area contributed by atoms with Gasteiger partial charge in [0.2, 0.25) is 0 Å². The number of hydrogen-bond donors (Lipinski definition) is 1. The summed E-state index contributed by atoms with van der Waals surface area (Å²) in [6, 6.07) is 8.33. The quantitative estimate of drug-likeness (QED) is 0.790. The molecule has 2 rings (SSSR count). The van der Waals surface area contributed by atoms with E-state index in [0.29, 0.717) is 15.2 Å². The van der Waals surface area contributed by atoms with Gasteiger partial charge in [0, 0.05) is 10.2 Å². The molecule has 0 spiro atoms. The summed E-state index contributed by atoms with van der Waals surface area (Å²) in [5.74, 6) is -0.165. The van der Waals surface area contributed by atoms with E-state index in [2.05, 4.69) is 26.2 Å². The number of hydrogen-bond acceptors (Lipinski definition) is 3. The Kier molecular flexibility index (Phi) is 4.40. The minimum atomic E-state index is -4.58. The average molecular weight is 377 g/mol. The van der Waals surface area contributed by atoms with Gasteiger partial charge in [-0.3, -0.25) is 0 Å². The third-order valence-electron chi connectivity index (χ3n) is 2.49. The molecule has 2 aromatic rings. The van der Waals surface area contributed by atoms with Crippen LogP contribution in [0.25, 0.3) is 0 Å². The molecule has 0 unspecified atom stereocenters. The maximum absolute atomic E-state index is 12.7. The van der Waals surface area contributed by atoms with Crippen molar-refractivity contribution in [2.24, 2.45) is 0 Å². The van der Waals surface area contributed by atoms with Gasteiger partial charge in [0.25, 0.3) is 0 Å². The van der Waals surface area contributed by atoms with E-state index in [-0.39, 0.29) is 11.4 Å². The maximum Gasteiger partial charge on any atom is 0.433 e. The van der Waals surface area contributed by atoms with Gasteiger partial charge >= 0.3 is 6.18 Å². The number of alkyl halides is 3. The highest BCUT2D eigenvalue weighted by Gasteiger charge is 2.33. The first-order valence-corrected chi connectivity index (χ1v) is 6.69. The monoisotopic (exact) mass is 375 g/mol. The molecule has 1 aromatic carbocycles. The second kappa shape index (κ2) is 5.92. The predicted octanol–water partition coefficient (Wildman–Crippen LogP) is 5.13. The third kappa shape index (κ3) is 3.65. The number of aromatic nitrogens is 1. The fourth-order valence-electron chi connectivity index (χ4n) is 1.51. The lowest BCUT2D eigenvalue weighted by atomic mass is 10.2. The van der Waals surface area contributed by atoms with Crippen molar-refractivity contribution in [2.75, 3.05) is 5.32 Å². The molecule has 1 heterocycles. The molecule has 0 atom stereocenters. The van der Waals surface area contributed by atoms with Crippen LogP contribution in [0.4, 0.5) is 24.7 Å². The van der Waals surface area contributed by atoms with Gasteiger partial charge < -0.3 is 5.32 Å². The highest BCUT2D eigenvalue weighted by molar-refractivity contribution is 9.10. The molecule has 0 radical (unpaired) electrons. The second-order valence-corrected chi connectivity index (χ2v) is 5.22. The van der Waals surface area contributed by atoms with E-state index in [1.165, 1.54) is 0 Å². The minimum absolute atomic E-state index is 0.00840. The first kappa shape index (κ1) is 15.6. The van der Waals surface area contributed by atoms with Gasteiger partial charge in [-0.25, -0.2) is 4.98 Å². The molecule has 0 saturated carbocycles. The van der Waals surface area contributed by atoms with Crippen LogP contribution in [0.2, 0.25) is 5.02 Å². The van der Waals surface area contributed by atoms with Gasteiger partial charge in [-0.15, -0.1) is 0 Å². The van der Waals surface area contributed by atoms with Crippen molar-refractivity contribution in [1.82, 2.24) is 4.98 Å². The second-order valence-electron chi connectivity index (χ2n) is 3.96. The lowest BCUT2D eigenvalue weighted by Crippen LogP contribution is -2.10. The third-order valence-corrected chi connectivity index (χ3v) is 3.70. The Hall–Kier alpha value is -1.78. The van der Waals surface area contributed by atoms with Gasteiger partial charge in [-0.1, -0.05) is 11.6 Å². The van der Waals surface area contributed by atoms with Gasteiger partial charge in [-0.2, -0.15) is 18.4 Å². The summed E-state index contributed by atoms with van der Waals surface area (Å²) in [5, 5.41) is 12.1. The van der Waals surface area contributed by atoms with Gasteiger partial charge in [-0.05, 0) is 46.3 Å². The zero-order valence-corrected chi connectivity index (χ0v) is 12.5. The smallest absolute Gasteiger partial charge is 0.339 e. The van der Waals surface area contributed by atoms with Gasteiger partial charge in [0.05, 0.1) is 10.6 Å². The van der Waals surface area contributed by atoms with Crippen molar-refractivity contribution < 1.29 is 13.2 Å². The molecular weight excluding hydrogens is 371 g/mol. The Balaban J connectivity index is 2.42. The highest BCUT2D eigenvalue weighted by atomic mass is 79.9. The number of anilines is 2. The van der Waals surface area contributed by atoms with Crippen LogP contribution in [0.5, 0.6) is 0 Å². The fraction of sp³-hybridized carbons (Fsp3) is 0.0769. The number of nitrogens with zero attached hydrogens (tertiary/aromatic N) is 2. The van der Waals surface area contributed by atoms with Crippen LogP contribution in [0, 0.1) is 11.3 Å². The molecule has 1 N–H and O–H groups in total. The molecule has 0 aliphatic rings. The van der Waals surface area contributed by atoms with E-state index in [4.69, 9.17) is 16.9 Å². The molecule has 0 aliphatic carbocycles. The summed E-state index contributed by atoms with van der Waals surface area (Å²) in [7, 11) is 0. The highest BCUT2D eigenvalue weighted by Crippen LogP contribution is 2.31. The van der Waals surface area contributed by atoms with Crippen LogP contribution in [-0.4, -0.2) is 4.98 Å². The van der Waals surface area contributed by atoms with E-state index >= 15 is 0 Å². The summed E-state index contributed by atoms with van der Waals surface area (Å²) in [5.41, 5.74) is -0.610. The average Bonchev–Trinajstić information content (AvgIpc) is 2.42. The topological polar surface area (TPSA) is 48.7 Å². The molecule has 0 amide bonds. The van der Waals surface area contributed by atoms with E-state index < -0.39 is 11.9 Å². The number of benzene rings is 1. The fourth-order valence-corrected chi connectivity index (χ4v) is 2.01. The zero-order chi connectivity index (χ0) is 15.6. The Labute approximate surface area is 131 Å². The standard InChI is InChI=1S/C13H6BrClF3N3/c14-9-5-8(2-3-10(9)15)20-12-7(6-19)1-4-11(21-12)13(16,17)18/h1-5H,(H,20,21). The van der Waals surface area contributed by atoms with Crippen LogP contribution in [-0.2, 0) is 6.18 Å². The Morgan fingerprint density at radius 2 is 1.95 bits per heavy atom. The number of nitriles is 1. The SMILES string of the molecule is N#Cc1ccc(C(F)(F)F)nc1Nc1ccc(Cl)c(Br)c1. The molecule has 1 aromatic heterocycles. The van der Waals surface area contributed by atoms with Gasteiger partial charge in [0.15, 0.2) is 0 Å². The van der Waals surface area contributed by atoms with Crippen LogP contribution in [0.3, 0.4) is 0 Å². The number of halogens is 5. The molecule has 0 aliphatic heterocycles. The van der Waals surface area contributed by atoms with Crippen molar-refractivity contribution in [3.63, 3.8) is 0 Å². The molecule has 108 valence electrons.